The molecule has 1 aromatic carbocycles. The predicted molar refractivity (Wildman–Crippen MR) is 99.5 cm³/mol. The Balaban J connectivity index is 3.04. The van der Waals surface area contributed by atoms with Crippen LogP contribution in [-0.4, -0.2) is 6.04 Å². The van der Waals surface area contributed by atoms with Crippen molar-refractivity contribution < 1.29 is 0 Å². The largest absolute Gasteiger partial charge is 0.323 e. The molecule has 1 unspecified atom stereocenters. The van der Waals surface area contributed by atoms with Crippen molar-refractivity contribution >= 4 is 23.2 Å². The van der Waals surface area contributed by atoms with Crippen molar-refractivity contribution in [3.8, 4) is 0 Å². The first kappa shape index (κ1) is 19.0. The number of nitrogens with two attached hydrogens (primary N) is 1. The Labute approximate surface area is 144 Å². The van der Waals surface area contributed by atoms with E-state index >= 15 is 0 Å². The van der Waals surface area contributed by atoms with Crippen molar-refractivity contribution in [2.45, 2.75) is 39.2 Å². The molecule has 0 heterocycles. The van der Waals surface area contributed by atoms with E-state index in [2.05, 4.69) is 27.4 Å². The van der Waals surface area contributed by atoms with Gasteiger partial charge in [0.1, 0.15) is 0 Å². The first-order valence-corrected chi connectivity index (χ1v) is 8.37. The number of rotatable bonds is 7. The fourth-order valence-corrected chi connectivity index (χ4v) is 2.51. The third kappa shape index (κ3) is 5.31. The molecule has 1 rings (SSSR count). The molecule has 2 atom stereocenters. The average Bonchev–Trinajstić information content (AvgIpc) is 2.50. The molecule has 0 aromatic heterocycles. The second kappa shape index (κ2) is 9.19. The summed E-state index contributed by atoms with van der Waals surface area (Å²) in [7, 11) is 0. The molecule has 0 saturated heterocycles. The Kier molecular flexibility index (Phi) is 7.95. The summed E-state index contributed by atoms with van der Waals surface area (Å²) in [4.78, 5) is 0. The summed E-state index contributed by atoms with van der Waals surface area (Å²) < 4.78 is 0. The topological polar surface area (TPSA) is 26.0 Å². The number of halogens is 2. The van der Waals surface area contributed by atoms with E-state index < -0.39 is 0 Å². The highest BCUT2D eigenvalue weighted by molar-refractivity contribution is 6.30. The second-order valence-corrected chi connectivity index (χ2v) is 6.54. The number of hydrogen-bond acceptors (Lipinski definition) is 1. The molecule has 1 nitrogen and oxygen atoms in total. The molecule has 0 saturated carbocycles. The van der Waals surface area contributed by atoms with Crippen LogP contribution in [0.3, 0.4) is 0 Å². The Hall–Kier alpha value is -1.02. The zero-order chi connectivity index (χ0) is 16.7. The highest BCUT2D eigenvalue weighted by Gasteiger charge is 2.20. The average molecular weight is 338 g/mol. The number of benzene rings is 1. The van der Waals surface area contributed by atoms with Gasteiger partial charge < -0.3 is 5.73 Å². The molecule has 0 aliphatic carbocycles. The molecule has 1 aromatic rings. The fraction of sp³-hybridized carbons (Fsp3) is 0.368. The summed E-state index contributed by atoms with van der Waals surface area (Å²) >= 11 is 12.2. The first-order chi connectivity index (χ1) is 10.4. The van der Waals surface area contributed by atoms with Gasteiger partial charge in [0, 0.05) is 22.0 Å². The summed E-state index contributed by atoms with van der Waals surface area (Å²) in [6.07, 6.45) is 6.64. The van der Waals surface area contributed by atoms with Crippen LogP contribution in [0.5, 0.6) is 0 Å². The maximum Gasteiger partial charge on any atom is 0.0406 e. The molecule has 0 aliphatic heterocycles. The zero-order valence-electron chi connectivity index (χ0n) is 13.5. The van der Waals surface area contributed by atoms with Crippen molar-refractivity contribution in [3.63, 3.8) is 0 Å². The lowest BCUT2D eigenvalue weighted by molar-refractivity contribution is 0.578. The van der Waals surface area contributed by atoms with E-state index in [0.29, 0.717) is 5.92 Å². The maximum atomic E-state index is 6.47. The van der Waals surface area contributed by atoms with E-state index in [1.807, 2.05) is 42.5 Å². The molecule has 3 heteroatoms. The molecular weight excluding hydrogens is 313 g/mol. The normalized spacial score (nSPS) is 15.8. The van der Waals surface area contributed by atoms with Crippen LogP contribution in [-0.2, 0) is 0 Å². The smallest absolute Gasteiger partial charge is 0.0406 e. The second-order valence-electron chi connectivity index (χ2n) is 5.67. The van der Waals surface area contributed by atoms with Gasteiger partial charge in [-0.2, -0.15) is 0 Å². The summed E-state index contributed by atoms with van der Waals surface area (Å²) in [6.45, 7) is 10.1. The van der Waals surface area contributed by atoms with Crippen molar-refractivity contribution in [1.82, 2.24) is 0 Å². The third-order valence-corrected chi connectivity index (χ3v) is 4.59. The molecule has 0 bridgehead atoms. The van der Waals surface area contributed by atoms with Crippen LogP contribution in [0.4, 0.5) is 0 Å². The van der Waals surface area contributed by atoms with E-state index in [-0.39, 0.29) is 12.0 Å². The molecule has 0 spiro atoms. The van der Waals surface area contributed by atoms with Crippen LogP contribution in [0.2, 0.25) is 5.02 Å². The van der Waals surface area contributed by atoms with Crippen molar-refractivity contribution in [2.75, 3.05) is 0 Å². The third-order valence-electron chi connectivity index (χ3n) is 3.78. The molecule has 0 amide bonds. The quantitative estimate of drug-likeness (QED) is 0.602. The van der Waals surface area contributed by atoms with Gasteiger partial charge >= 0.3 is 0 Å². The van der Waals surface area contributed by atoms with Gasteiger partial charge in [-0.3, -0.25) is 0 Å². The van der Waals surface area contributed by atoms with E-state index in [1.54, 1.807) is 0 Å². The van der Waals surface area contributed by atoms with Crippen molar-refractivity contribution in [2.24, 2.45) is 11.7 Å². The first-order valence-electron chi connectivity index (χ1n) is 7.61. The van der Waals surface area contributed by atoms with Gasteiger partial charge in [0.15, 0.2) is 0 Å². The highest BCUT2D eigenvalue weighted by atomic mass is 35.5. The Bertz CT molecular complexity index is 541. The molecule has 0 radical (unpaired) electrons. The number of hydrogen-bond donors (Lipinski definition) is 1. The van der Waals surface area contributed by atoms with Crippen LogP contribution in [0, 0.1) is 5.92 Å². The molecular formula is C19H25Cl2N. The van der Waals surface area contributed by atoms with Crippen LogP contribution in [0.1, 0.15) is 38.7 Å². The van der Waals surface area contributed by atoms with E-state index in [1.165, 1.54) is 5.56 Å². The summed E-state index contributed by atoms with van der Waals surface area (Å²) in [5, 5.41) is 1.55. The summed E-state index contributed by atoms with van der Waals surface area (Å²) in [5.74, 6) is 0.520. The molecule has 120 valence electrons. The Morgan fingerprint density at radius 1 is 1.23 bits per heavy atom. The van der Waals surface area contributed by atoms with Gasteiger partial charge in [0.05, 0.1) is 0 Å². The van der Waals surface area contributed by atoms with Crippen LogP contribution < -0.4 is 5.73 Å². The van der Waals surface area contributed by atoms with Gasteiger partial charge in [-0.15, -0.1) is 0 Å². The fourth-order valence-electron chi connectivity index (χ4n) is 2.32. The molecule has 0 fully saturated rings. The van der Waals surface area contributed by atoms with Gasteiger partial charge in [0.25, 0.3) is 0 Å². The predicted octanol–water partition coefficient (Wildman–Crippen LogP) is 6.05. The van der Waals surface area contributed by atoms with Crippen LogP contribution in [0.15, 0.2) is 59.7 Å². The monoisotopic (exact) mass is 337 g/mol. The SMILES string of the molecule is C=C/C(=C\C=C(\Cl)C(C)C)[C@H](N)C(CC)c1ccc(Cl)cc1. The Morgan fingerprint density at radius 2 is 1.82 bits per heavy atom. The van der Waals surface area contributed by atoms with Crippen LogP contribution >= 0.6 is 23.2 Å². The van der Waals surface area contributed by atoms with E-state index in [0.717, 1.165) is 22.0 Å². The van der Waals surface area contributed by atoms with Gasteiger partial charge in [-0.1, -0.05) is 74.8 Å². The van der Waals surface area contributed by atoms with Crippen molar-refractivity contribution in [1.29, 1.82) is 0 Å². The lowest BCUT2D eigenvalue weighted by Gasteiger charge is -2.24. The van der Waals surface area contributed by atoms with E-state index in [4.69, 9.17) is 28.9 Å². The number of allylic oxidation sites excluding steroid dienone is 3. The minimum Gasteiger partial charge on any atom is -0.323 e. The molecule has 0 aliphatic rings. The standard InChI is InChI=1S/C19H25Cl2N/c1-5-14(9-12-18(21)13(3)4)19(22)17(6-2)15-7-10-16(20)11-8-15/h5,7-13,17,19H,1,6,22H2,2-4H3/b14-9+,18-12+/t17?,19-/m0/s1. The highest BCUT2D eigenvalue weighted by Crippen LogP contribution is 2.28. The molecule has 2 N–H and O–H groups in total. The molecule has 22 heavy (non-hydrogen) atoms. The lowest BCUT2D eigenvalue weighted by Crippen LogP contribution is -2.29. The summed E-state index contributed by atoms with van der Waals surface area (Å²) in [5.41, 5.74) is 8.64. The maximum absolute atomic E-state index is 6.47. The van der Waals surface area contributed by atoms with Crippen molar-refractivity contribution in [3.05, 3.63) is 70.3 Å². The van der Waals surface area contributed by atoms with Gasteiger partial charge in [-0.05, 0) is 41.7 Å². The van der Waals surface area contributed by atoms with Crippen LogP contribution in [0.25, 0.3) is 0 Å². The lowest BCUT2D eigenvalue weighted by atomic mass is 9.85. The minimum atomic E-state index is -0.128. The van der Waals surface area contributed by atoms with Gasteiger partial charge in [0.2, 0.25) is 0 Å². The summed E-state index contributed by atoms with van der Waals surface area (Å²) in [6, 6.07) is 7.75. The Morgan fingerprint density at radius 3 is 2.27 bits per heavy atom. The minimum absolute atomic E-state index is 0.128. The van der Waals surface area contributed by atoms with E-state index in [9.17, 15) is 0 Å². The zero-order valence-corrected chi connectivity index (χ0v) is 15.0. The van der Waals surface area contributed by atoms with Gasteiger partial charge in [-0.25, -0.2) is 0 Å².